The first-order valence-corrected chi connectivity index (χ1v) is 11.9. The number of nitrogens with zero attached hydrogens (tertiary/aromatic N) is 1. The van der Waals surface area contributed by atoms with Gasteiger partial charge in [0.25, 0.3) is 11.1 Å². The average Bonchev–Trinajstić information content (AvgIpc) is 3.04. The number of aryl methyl sites for hydroxylation is 1. The zero-order valence-corrected chi connectivity index (χ0v) is 20.5. The van der Waals surface area contributed by atoms with Gasteiger partial charge in [-0.25, -0.2) is 4.79 Å². The molecule has 3 aromatic rings. The van der Waals surface area contributed by atoms with Crippen LogP contribution in [0.15, 0.2) is 76.1 Å². The summed E-state index contributed by atoms with van der Waals surface area (Å²) in [4.78, 5) is 39.6. The molecule has 0 aliphatic carbocycles. The molecule has 1 heterocycles. The summed E-state index contributed by atoms with van der Waals surface area (Å²) < 4.78 is 6.30. The zero-order valence-electron chi connectivity index (χ0n) is 17.4. The Morgan fingerprint density at radius 2 is 1.88 bits per heavy atom. The fourth-order valence-electron chi connectivity index (χ4n) is 3.23. The summed E-state index contributed by atoms with van der Waals surface area (Å²) >= 11 is 10.2. The minimum atomic E-state index is -0.581. The average molecular weight is 543 g/mol. The highest BCUT2D eigenvalue weighted by atomic mass is 79.9. The van der Waals surface area contributed by atoms with Gasteiger partial charge in [-0.3, -0.25) is 14.5 Å². The minimum absolute atomic E-state index is 0.198. The number of thioether (sulfide) groups is 1. The quantitative estimate of drug-likeness (QED) is 0.200. The van der Waals surface area contributed by atoms with Crippen LogP contribution in [0.2, 0.25) is 5.02 Å². The van der Waals surface area contributed by atoms with Crippen LogP contribution in [0.4, 0.5) is 4.79 Å². The number of hydrogen-bond acceptors (Lipinski definition) is 5. The maximum Gasteiger partial charge on any atom is 0.343 e. The Hall–Kier alpha value is -2.87. The molecule has 0 saturated carbocycles. The lowest BCUT2D eigenvalue weighted by Gasteiger charge is -2.14. The molecule has 1 fully saturated rings. The second-order valence-electron chi connectivity index (χ2n) is 7.28. The van der Waals surface area contributed by atoms with Gasteiger partial charge in [0.2, 0.25) is 0 Å². The van der Waals surface area contributed by atoms with E-state index in [-0.39, 0.29) is 28.3 Å². The predicted molar refractivity (Wildman–Crippen MR) is 133 cm³/mol. The summed E-state index contributed by atoms with van der Waals surface area (Å²) in [6, 6.07) is 19.1. The molecule has 1 aliphatic heterocycles. The SMILES string of the molecule is Cc1ccccc1CN1C(=O)S/C(=C\c2cc(Br)ccc2OC(=O)c2cccc(Cl)c2)C1=O. The number of benzene rings is 3. The van der Waals surface area contributed by atoms with E-state index >= 15 is 0 Å². The van der Waals surface area contributed by atoms with E-state index in [2.05, 4.69) is 15.9 Å². The number of halogens is 2. The summed E-state index contributed by atoms with van der Waals surface area (Å²) in [5, 5.41) is 0.0739. The second kappa shape index (κ2) is 9.95. The Morgan fingerprint density at radius 1 is 1.09 bits per heavy atom. The van der Waals surface area contributed by atoms with Crippen LogP contribution in [-0.2, 0) is 11.3 Å². The van der Waals surface area contributed by atoms with Crippen molar-refractivity contribution < 1.29 is 19.1 Å². The summed E-state index contributed by atoms with van der Waals surface area (Å²) in [7, 11) is 0. The molecular formula is C25H17BrClNO4S. The van der Waals surface area contributed by atoms with Crippen molar-refractivity contribution >= 4 is 62.5 Å². The molecule has 1 aliphatic rings. The third-order valence-corrected chi connectivity index (χ3v) is 6.62. The van der Waals surface area contributed by atoms with Crippen LogP contribution in [0.3, 0.4) is 0 Å². The normalized spacial score (nSPS) is 14.8. The van der Waals surface area contributed by atoms with Crippen LogP contribution in [0, 0.1) is 6.92 Å². The number of rotatable bonds is 5. The molecule has 5 nitrogen and oxygen atoms in total. The molecule has 3 aromatic carbocycles. The van der Waals surface area contributed by atoms with E-state index in [1.807, 2.05) is 31.2 Å². The third kappa shape index (κ3) is 5.38. The van der Waals surface area contributed by atoms with E-state index < -0.39 is 5.97 Å². The van der Waals surface area contributed by atoms with Crippen molar-refractivity contribution in [2.24, 2.45) is 0 Å². The van der Waals surface area contributed by atoms with Crippen molar-refractivity contribution in [3.63, 3.8) is 0 Å². The number of hydrogen-bond donors (Lipinski definition) is 0. The van der Waals surface area contributed by atoms with Crippen molar-refractivity contribution in [3.05, 3.63) is 103 Å². The van der Waals surface area contributed by atoms with E-state index in [1.54, 1.807) is 42.5 Å². The first kappa shape index (κ1) is 23.3. The van der Waals surface area contributed by atoms with Gasteiger partial charge in [0.05, 0.1) is 17.0 Å². The fourth-order valence-corrected chi connectivity index (χ4v) is 4.63. The third-order valence-electron chi connectivity index (χ3n) is 4.98. The fraction of sp³-hybridized carbons (Fsp3) is 0.0800. The zero-order chi connectivity index (χ0) is 23.5. The molecule has 8 heteroatoms. The Bertz CT molecular complexity index is 1310. The summed E-state index contributed by atoms with van der Waals surface area (Å²) in [6.07, 6.45) is 1.56. The van der Waals surface area contributed by atoms with E-state index in [0.717, 1.165) is 27.4 Å². The van der Waals surface area contributed by atoms with E-state index in [1.165, 1.54) is 11.0 Å². The number of amides is 2. The number of carbonyl (C=O) groups excluding carboxylic acids is 3. The van der Waals surface area contributed by atoms with E-state index in [9.17, 15) is 14.4 Å². The van der Waals surface area contributed by atoms with Crippen molar-refractivity contribution in [1.82, 2.24) is 4.90 Å². The van der Waals surface area contributed by atoms with Crippen LogP contribution < -0.4 is 4.74 Å². The molecule has 2 amide bonds. The molecule has 4 rings (SSSR count). The van der Waals surface area contributed by atoms with Crippen molar-refractivity contribution in [1.29, 1.82) is 0 Å². The van der Waals surface area contributed by atoms with Crippen LogP contribution in [-0.4, -0.2) is 22.0 Å². The number of carbonyl (C=O) groups is 3. The van der Waals surface area contributed by atoms with E-state index in [4.69, 9.17) is 16.3 Å². The standard InChI is InChI=1S/C25H17BrClNO4S/c1-15-5-2-3-6-17(15)14-28-23(29)22(33-25(28)31)13-18-11-19(26)9-10-21(18)32-24(30)16-7-4-8-20(27)12-16/h2-13H,14H2,1H3/b22-13-. The molecule has 0 radical (unpaired) electrons. The Balaban J connectivity index is 1.60. The minimum Gasteiger partial charge on any atom is -0.422 e. The van der Waals surface area contributed by atoms with Crippen LogP contribution in [0.1, 0.15) is 27.0 Å². The van der Waals surface area contributed by atoms with Gasteiger partial charge in [-0.2, -0.15) is 0 Å². The number of ether oxygens (including phenoxy) is 1. The van der Waals surface area contributed by atoms with Crippen LogP contribution in [0.5, 0.6) is 5.75 Å². The molecule has 0 bridgehead atoms. The highest BCUT2D eigenvalue weighted by molar-refractivity contribution is 9.10. The smallest absolute Gasteiger partial charge is 0.343 e. The molecule has 0 atom stereocenters. The van der Waals surface area contributed by atoms with Gasteiger partial charge in [-0.15, -0.1) is 0 Å². The van der Waals surface area contributed by atoms with Gasteiger partial charge in [0.15, 0.2) is 0 Å². The molecule has 0 N–H and O–H groups in total. The lowest BCUT2D eigenvalue weighted by molar-refractivity contribution is -0.123. The molecule has 166 valence electrons. The highest BCUT2D eigenvalue weighted by Gasteiger charge is 2.35. The first-order chi connectivity index (χ1) is 15.8. The van der Waals surface area contributed by atoms with Crippen LogP contribution in [0.25, 0.3) is 6.08 Å². The molecule has 0 unspecified atom stereocenters. The largest absolute Gasteiger partial charge is 0.422 e. The van der Waals surface area contributed by atoms with Gasteiger partial charge in [-0.05, 0) is 72.3 Å². The summed E-state index contributed by atoms with van der Waals surface area (Å²) in [5.41, 5.74) is 2.69. The maximum atomic E-state index is 13.0. The highest BCUT2D eigenvalue weighted by Crippen LogP contribution is 2.36. The van der Waals surface area contributed by atoms with Gasteiger partial charge in [0, 0.05) is 15.1 Å². The summed E-state index contributed by atoms with van der Waals surface area (Å²) in [5.74, 6) is -0.712. The number of esters is 1. The summed E-state index contributed by atoms with van der Waals surface area (Å²) in [6.45, 7) is 2.13. The maximum absolute atomic E-state index is 13.0. The molecular weight excluding hydrogens is 526 g/mol. The van der Waals surface area contributed by atoms with Crippen molar-refractivity contribution in [2.75, 3.05) is 0 Å². The lowest BCUT2D eigenvalue weighted by atomic mass is 10.1. The Kier molecular flexibility index (Phi) is 7.02. The second-order valence-corrected chi connectivity index (χ2v) is 9.62. The molecule has 33 heavy (non-hydrogen) atoms. The van der Waals surface area contributed by atoms with Crippen molar-refractivity contribution in [2.45, 2.75) is 13.5 Å². The van der Waals surface area contributed by atoms with Gasteiger partial charge >= 0.3 is 5.97 Å². The number of imide groups is 1. The van der Waals surface area contributed by atoms with Gasteiger partial charge < -0.3 is 4.74 Å². The molecule has 1 saturated heterocycles. The molecule has 0 spiro atoms. The Labute approximate surface area is 208 Å². The predicted octanol–water partition coefficient (Wildman–Crippen LogP) is 6.87. The van der Waals surface area contributed by atoms with Crippen molar-refractivity contribution in [3.8, 4) is 5.75 Å². The first-order valence-electron chi connectivity index (χ1n) is 9.89. The molecule has 0 aromatic heterocycles. The monoisotopic (exact) mass is 541 g/mol. The van der Waals surface area contributed by atoms with Crippen LogP contribution >= 0.6 is 39.3 Å². The lowest BCUT2D eigenvalue weighted by Crippen LogP contribution is -2.27. The van der Waals surface area contributed by atoms with Gasteiger partial charge in [-0.1, -0.05) is 57.9 Å². The van der Waals surface area contributed by atoms with Gasteiger partial charge in [0.1, 0.15) is 5.75 Å². The topological polar surface area (TPSA) is 63.7 Å². The van der Waals surface area contributed by atoms with E-state index in [0.29, 0.717) is 16.1 Å². The Morgan fingerprint density at radius 3 is 2.64 bits per heavy atom.